The first-order valence-electron chi connectivity index (χ1n) is 4.82. The Kier molecular flexibility index (Phi) is 4.22. The molecular weight excluding hydrogens is 298 g/mol. The van der Waals surface area contributed by atoms with Gasteiger partial charge in [0, 0.05) is 26.5 Å². The molecule has 2 aromatic rings. The molecule has 4 heteroatoms. The zero-order valence-corrected chi connectivity index (χ0v) is 11.6. The van der Waals surface area contributed by atoms with Gasteiger partial charge in [-0.3, -0.25) is 0 Å². The van der Waals surface area contributed by atoms with Crippen LogP contribution in [-0.2, 0) is 0 Å². The van der Waals surface area contributed by atoms with Gasteiger partial charge in [0.2, 0.25) is 0 Å². The molecule has 0 aromatic heterocycles. The Bertz CT molecular complexity index is 529. The summed E-state index contributed by atoms with van der Waals surface area (Å²) in [6.07, 6.45) is 1.84. The van der Waals surface area contributed by atoms with Crippen molar-refractivity contribution in [3.63, 3.8) is 0 Å². The predicted octanol–water partition coefficient (Wildman–Crippen LogP) is 5.90. The Morgan fingerprint density at radius 1 is 0.765 bits per heavy atom. The summed E-state index contributed by atoms with van der Waals surface area (Å²) in [5.41, 5.74) is 1.58. The normalized spacial score (nSPS) is 10.6. The molecule has 1 radical (unpaired) electrons. The molecule has 0 aliphatic heterocycles. The van der Waals surface area contributed by atoms with E-state index in [4.69, 9.17) is 46.4 Å². The highest BCUT2D eigenvalue weighted by atomic mass is 35.5. The SMILES string of the molecule is Clc1ccc([CH]c2c(Cl)cccc2Cl)c(Cl)c1. The van der Waals surface area contributed by atoms with Crippen molar-refractivity contribution in [1.82, 2.24) is 0 Å². The van der Waals surface area contributed by atoms with Gasteiger partial charge in [0.15, 0.2) is 0 Å². The Labute approximate surface area is 120 Å². The van der Waals surface area contributed by atoms with Crippen LogP contribution in [0, 0.1) is 6.42 Å². The zero-order valence-electron chi connectivity index (χ0n) is 8.55. The zero-order chi connectivity index (χ0) is 12.4. The van der Waals surface area contributed by atoms with Gasteiger partial charge < -0.3 is 0 Å². The summed E-state index contributed by atoms with van der Waals surface area (Å²) in [5, 5.41) is 2.33. The highest BCUT2D eigenvalue weighted by Crippen LogP contribution is 2.31. The summed E-state index contributed by atoms with van der Waals surface area (Å²) in [6, 6.07) is 10.6. The Morgan fingerprint density at radius 2 is 1.41 bits per heavy atom. The van der Waals surface area contributed by atoms with E-state index in [1.165, 1.54) is 0 Å². The van der Waals surface area contributed by atoms with Crippen LogP contribution in [0.1, 0.15) is 11.1 Å². The second kappa shape index (κ2) is 5.49. The van der Waals surface area contributed by atoms with Crippen LogP contribution in [-0.4, -0.2) is 0 Å². The molecule has 0 unspecified atom stereocenters. The molecule has 17 heavy (non-hydrogen) atoms. The molecule has 2 aromatic carbocycles. The lowest BCUT2D eigenvalue weighted by molar-refractivity contribution is 1.43. The van der Waals surface area contributed by atoms with Crippen molar-refractivity contribution in [2.75, 3.05) is 0 Å². The largest absolute Gasteiger partial charge is 0.0843 e. The van der Waals surface area contributed by atoms with E-state index in [-0.39, 0.29) is 0 Å². The standard InChI is InChI=1S/C13H7Cl4/c14-9-5-4-8(13(17)7-9)6-10-11(15)2-1-3-12(10)16/h1-7H. The summed E-state index contributed by atoms with van der Waals surface area (Å²) in [4.78, 5) is 0. The van der Waals surface area contributed by atoms with E-state index in [1.54, 1.807) is 30.3 Å². The molecular formula is C13H7Cl4. The van der Waals surface area contributed by atoms with E-state index in [9.17, 15) is 0 Å². The van der Waals surface area contributed by atoms with E-state index in [0.717, 1.165) is 11.1 Å². The quantitative estimate of drug-likeness (QED) is 0.648. The fourth-order valence-electron chi connectivity index (χ4n) is 1.42. The molecule has 87 valence electrons. The average Bonchev–Trinajstić information content (AvgIpc) is 2.26. The van der Waals surface area contributed by atoms with Gasteiger partial charge in [0.05, 0.1) is 0 Å². The summed E-state index contributed by atoms with van der Waals surface area (Å²) < 4.78 is 0. The lowest BCUT2D eigenvalue weighted by Gasteiger charge is -2.08. The molecule has 0 nitrogen and oxygen atoms in total. The molecule has 0 amide bonds. The smallest absolute Gasteiger partial charge is 0.0459 e. The van der Waals surface area contributed by atoms with Crippen LogP contribution in [0.5, 0.6) is 0 Å². The highest BCUT2D eigenvalue weighted by Gasteiger charge is 2.09. The summed E-state index contributed by atoms with van der Waals surface area (Å²) in [5.74, 6) is 0. The van der Waals surface area contributed by atoms with Crippen LogP contribution < -0.4 is 0 Å². The van der Waals surface area contributed by atoms with Gasteiger partial charge in [-0.1, -0.05) is 58.5 Å². The lowest BCUT2D eigenvalue weighted by Crippen LogP contribution is -1.89. The van der Waals surface area contributed by atoms with E-state index in [0.29, 0.717) is 20.1 Å². The van der Waals surface area contributed by atoms with Crippen LogP contribution in [0.4, 0.5) is 0 Å². The van der Waals surface area contributed by atoms with E-state index in [2.05, 4.69) is 0 Å². The third kappa shape index (κ3) is 3.08. The first-order chi connectivity index (χ1) is 8.08. The number of hydrogen-bond donors (Lipinski definition) is 0. The van der Waals surface area contributed by atoms with Gasteiger partial charge in [-0.25, -0.2) is 0 Å². The first kappa shape index (κ1) is 13.0. The first-order valence-corrected chi connectivity index (χ1v) is 6.33. The maximum Gasteiger partial charge on any atom is 0.0459 e. The fourth-order valence-corrected chi connectivity index (χ4v) is 2.39. The predicted molar refractivity (Wildman–Crippen MR) is 75.4 cm³/mol. The average molecular weight is 305 g/mol. The van der Waals surface area contributed by atoms with Gasteiger partial charge >= 0.3 is 0 Å². The molecule has 0 saturated carbocycles. The Balaban J connectivity index is 2.38. The molecule has 0 atom stereocenters. The van der Waals surface area contributed by atoms with Crippen molar-refractivity contribution in [1.29, 1.82) is 0 Å². The van der Waals surface area contributed by atoms with Crippen LogP contribution in [0.2, 0.25) is 20.1 Å². The fraction of sp³-hybridized carbons (Fsp3) is 0. The van der Waals surface area contributed by atoms with Crippen LogP contribution >= 0.6 is 46.4 Å². The minimum atomic E-state index is 0.563. The third-order valence-electron chi connectivity index (χ3n) is 2.26. The highest BCUT2D eigenvalue weighted by molar-refractivity contribution is 6.37. The molecule has 0 saturated heterocycles. The van der Waals surface area contributed by atoms with E-state index < -0.39 is 0 Å². The van der Waals surface area contributed by atoms with Gasteiger partial charge in [0.25, 0.3) is 0 Å². The Hall–Kier alpha value is -0.400. The second-order valence-electron chi connectivity index (χ2n) is 3.45. The maximum absolute atomic E-state index is 6.08. The van der Waals surface area contributed by atoms with Crippen LogP contribution in [0.25, 0.3) is 0 Å². The van der Waals surface area contributed by atoms with E-state index in [1.807, 2.05) is 12.5 Å². The monoisotopic (exact) mass is 303 g/mol. The molecule has 0 N–H and O–H groups in total. The molecule has 0 fully saturated rings. The Morgan fingerprint density at radius 3 is 2.00 bits per heavy atom. The number of halogens is 4. The molecule has 0 aliphatic carbocycles. The summed E-state index contributed by atoms with van der Waals surface area (Å²) in [7, 11) is 0. The van der Waals surface area contributed by atoms with Crippen LogP contribution in [0.3, 0.4) is 0 Å². The number of hydrogen-bond acceptors (Lipinski definition) is 0. The lowest BCUT2D eigenvalue weighted by atomic mass is 10.0. The summed E-state index contributed by atoms with van der Waals surface area (Å²) >= 11 is 24.1. The van der Waals surface area contributed by atoms with Crippen molar-refractivity contribution in [3.8, 4) is 0 Å². The van der Waals surface area contributed by atoms with Crippen molar-refractivity contribution >= 4 is 46.4 Å². The van der Waals surface area contributed by atoms with Crippen molar-refractivity contribution in [2.24, 2.45) is 0 Å². The van der Waals surface area contributed by atoms with E-state index >= 15 is 0 Å². The molecule has 0 bridgehead atoms. The van der Waals surface area contributed by atoms with Crippen molar-refractivity contribution in [3.05, 3.63) is 74.0 Å². The number of benzene rings is 2. The maximum atomic E-state index is 6.08. The summed E-state index contributed by atoms with van der Waals surface area (Å²) in [6.45, 7) is 0. The van der Waals surface area contributed by atoms with Gasteiger partial charge in [-0.05, 0) is 35.4 Å². The van der Waals surface area contributed by atoms with Crippen LogP contribution in [0.15, 0.2) is 36.4 Å². The molecule has 0 aliphatic rings. The van der Waals surface area contributed by atoms with Gasteiger partial charge in [0.1, 0.15) is 0 Å². The topological polar surface area (TPSA) is 0 Å². The minimum Gasteiger partial charge on any atom is -0.0843 e. The molecule has 0 heterocycles. The van der Waals surface area contributed by atoms with Gasteiger partial charge in [-0.2, -0.15) is 0 Å². The third-order valence-corrected chi connectivity index (χ3v) is 3.48. The molecule has 0 spiro atoms. The minimum absolute atomic E-state index is 0.563. The number of rotatable bonds is 2. The van der Waals surface area contributed by atoms with Gasteiger partial charge in [-0.15, -0.1) is 0 Å². The van der Waals surface area contributed by atoms with Crippen molar-refractivity contribution in [2.45, 2.75) is 0 Å². The molecule has 2 rings (SSSR count). The second-order valence-corrected chi connectivity index (χ2v) is 5.10. The van der Waals surface area contributed by atoms with Crippen molar-refractivity contribution < 1.29 is 0 Å².